The van der Waals surface area contributed by atoms with Crippen LogP contribution < -0.4 is 5.32 Å². The average molecular weight is 338 g/mol. The number of nitrogens with zero attached hydrogens (tertiary/aromatic N) is 3. The van der Waals surface area contributed by atoms with Gasteiger partial charge < -0.3 is 10.2 Å². The van der Waals surface area contributed by atoms with Crippen molar-refractivity contribution in [2.75, 3.05) is 14.1 Å². The first kappa shape index (κ1) is 17.1. The molecule has 0 aliphatic heterocycles. The van der Waals surface area contributed by atoms with Gasteiger partial charge in [-0.05, 0) is 17.9 Å². The largest absolute Gasteiger partial charge is 0.352 e. The van der Waals surface area contributed by atoms with E-state index in [2.05, 4.69) is 22.2 Å². The van der Waals surface area contributed by atoms with Crippen molar-refractivity contribution in [2.45, 2.75) is 19.9 Å². The van der Waals surface area contributed by atoms with Crippen molar-refractivity contribution in [3.63, 3.8) is 0 Å². The minimum absolute atomic E-state index is 0.131. The third-order valence-electron chi connectivity index (χ3n) is 4.49. The first-order chi connectivity index (χ1) is 12.0. The van der Waals surface area contributed by atoms with Crippen LogP contribution in [0.4, 0.5) is 0 Å². The lowest BCUT2D eigenvalue weighted by Crippen LogP contribution is -2.24. The molecule has 0 bridgehead atoms. The number of hydrogen-bond acceptors (Lipinski definition) is 4. The van der Waals surface area contributed by atoms with Gasteiger partial charge in [-0.15, -0.1) is 0 Å². The number of aromatic nitrogens is 2. The fraction of sp³-hybridized carbons (Fsp3) is 0.368. The molecule has 2 aromatic rings. The molecule has 1 fully saturated rings. The van der Waals surface area contributed by atoms with Crippen LogP contribution in [0, 0.1) is 11.8 Å². The molecule has 0 spiro atoms. The summed E-state index contributed by atoms with van der Waals surface area (Å²) < 4.78 is 0. The Bertz CT molecular complexity index is 786. The standard InChI is InChI=1S/C19H22N4O2/c1-12-8-15(12)18(24)21-9-13-4-6-14(7-5-13)17-16(10-20-11-22-17)19(25)23(2)3/h4-7,10-12,15H,8-9H2,1-3H3,(H,21,24)/t12-,15+/m1/s1. The van der Waals surface area contributed by atoms with Crippen molar-refractivity contribution in [3.8, 4) is 11.3 Å². The van der Waals surface area contributed by atoms with Gasteiger partial charge in [0.2, 0.25) is 5.91 Å². The molecule has 0 radical (unpaired) electrons. The van der Waals surface area contributed by atoms with Crippen LogP contribution in [0.15, 0.2) is 36.8 Å². The van der Waals surface area contributed by atoms with Crippen LogP contribution in [0.5, 0.6) is 0 Å². The minimum Gasteiger partial charge on any atom is -0.352 e. The fourth-order valence-corrected chi connectivity index (χ4v) is 2.75. The Morgan fingerprint density at radius 3 is 2.52 bits per heavy atom. The van der Waals surface area contributed by atoms with Crippen molar-refractivity contribution in [1.82, 2.24) is 20.2 Å². The lowest BCUT2D eigenvalue weighted by Gasteiger charge is -2.13. The highest BCUT2D eigenvalue weighted by molar-refractivity contribution is 5.99. The van der Waals surface area contributed by atoms with Crippen LogP contribution in [0.25, 0.3) is 11.3 Å². The molecule has 130 valence electrons. The summed E-state index contributed by atoms with van der Waals surface area (Å²) in [6, 6.07) is 7.71. The monoisotopic (exact) mass is 338 g/mol. The van der Waals surface area contributed by atoms with Gasteiger partial charge in [-0.1, -0.05) is 31.2 Å². The molecule has 25 heavy (non-hydrogen) atoms. The first-order valence-corrected chi connectivity index (χ1v) is 8.36. The van der Waals surface area contributed by atoms with Gasteiger partial charge in [0.1, 0.15) is 6.33 Å². The molecule has 0 saturated heterocycles. The quantitative estimate of drug-likeness (QED) is 0.906. The number of amides is 2. The van der Waals surface area contributed by atoms with Gasteiger partial charge in [-0.2, -0.15) is 0 Å². The van der Waals surface area contributed by atoms with Gasteiger partial charge in [0, 0.05) is 38.3 Å². The lowest BCUT2D eigenvalue weighted by molar-refractivity contribution is -0.122. The van der Waals surface area contributed by atoms with E-state index >= 15 is 0 Å². The molecule has 2 atom stereocenters. The molecule has 1 aromatic heterocycles. The molecular formula is C19H22N4O2. The van der Waals surface area contributed by atoms with E-state index in [0.29, 0.717) is 23.7 Å². The molecule has 1 heterocycles. The third kappa shape index (κ3) is 3.84. The normalized spacial score (nSPS) is 18.5. The molecule has 1 saturated carbocycles. The van der Waals surface area contributed by atoms with Crippen LogP contribution in [0.1, 0.15) is 29.3 Å². The van der Waals surface area contributed by atoms with E-state index in [1.165, 1.54) is 17.4 Å². The lowest BCUT2D eigenvalue weighted by atomic mass is 10.0. The van der Waals surface area contributed by atoms with Gasteiger partial charge in [0.15, 0.2) is 0 Å². The first-order valence-electron chi connectivity index (χ1n) is 8.36. The summed E-state index contributed by atoms with van der Waals surface area (Å²) in [4.78, 5) is 33.9. The van der Waals surface area contributed by atoms with E-state index in [1.807, 2.05) is 24.3 Å². The second-order valence-electron chi connectivity index (χ2n) is 6.72. The van der Waals surface area contributed by atoms with E-state index < -0.39 is 0 Å². The predicted molar refractivity (Wildman–Crippen MR) is 94.6 cm³/mol. The summed E-state index contributed by atoms with van der Waals surface area (Å²) in [6.45, 7) is 2.60. The Morgan fingerprint density at radius 2 is 1.92 bits per heavy atom. The van der Waals surface area contributed by atoms with E-state index in [4.69, 9.17) is 0 Å². The highest BCUT2D eigenvalue weighted by atomic mass is 16.2. The van der Waals surface area contributed by atoms with Crippen molar-refractivity contribution < 1.29 is 9.59 Å². The summed E-state index contributed by atoms with van der Waals surface area (Å²) >= 11 is 0. The molecule has 1 N–H and O–H groups in total. The van der Waals surface area contributed by atoms with E-state index in [9.17, 15) is 9.59 Å². The second-order valence-corrected chi connectivity index (χ2v) is 6.72. The number of rotatable bonds is 5. The minimum atomic E-state index is -0.134. The highest BCUT2D eigenvalue weighted by Gasteiger charge is 2.38. The van der Waals surface area contributed by atoms with E-state index in [0.717, 1.165) is 17.5 Å². The molecule has 3 rings (SSSR count). The van der Waals surface area contributed by atoms with E-state index in [-0.39, 0.29) is 17.7 Å². The Balaban J connectivity index is 1.72. The average Bonchev–Trinajstić information content (AvgIpc) is 3.36. The topological polar surface area (TPSA) is 75.2 Å². The van der Waals surface area contributed by atoms with Crippen LogP contribution in [0.2, 0.25) is 0 Å². The van der Waals surface area contributed by atoms with Gasteiger partial charge in [-0.3, -0.25) is 9.59 Å². The van der Waals surface area contributed by atoms with Crippen molar-refractivity contribution in [1.29, 1.82) is 0 Å². The van der Waals surface area contributed by atoms with Crippen molar-refractivity contribution in [2.24, 2.45) is 11.8 Å². The van der Waals surface area contributed by atoms with Crippen LogP contribution >= 0.6 is 0 Å². The van der Waals surface area contributed by atoms with Gasteiger partial charge in [-0.25, -0.2) is 9.97 Å². The molecule has 0 unspecified atom stereocenters. The number of nitrogens with one attached hydrogen (secondary N) is 1. The molecule has 2 amide bonds. The van der Waals surface area contributed by atoms with Gasteiger partial charge in [0.25, 0.3) is 5.91 Å². The zero-order valence-electron chi connectivity index (χ0n) is 14.7. The Morgan fingerprint density at radius 1 is 1.24 bits per heavy atom. The Kier molecular flexibility index (Phi) is 4.79. The van der Waals surface area contributed by atoms with Crippen molar-refractivity contribution in [3.05, 3.63) is 47.9 Å². The third-order valence-corrected chi connectivity index (χ3v) is 4.49. The number of carbonyl (C=O) groups excluding carboxylic acids is 2. The van der Waals surface area contributed by atoms with Crippen LogP contribution in [-0.2, 0) is 11.3 Å². The number of hydrogen-bond donors (Lipinski definition) is 1. The molecule has 1 aromatic carbocycles. The molecule has 1 aliphatic carbocycles. The Labute approximate surface area is 147 Å². The maximum Gasteiger partial charge on any atom is 0.257 e. The fourth-order valence-electron chi connectivity index (χ4n) is 2.75. The molecule has 1 aliphatic rings. The molecule has 6 heteroatoms. The maximum absolute atomic E-state index is 12.3. The smallest absolute Gasteiger partial charge is 0.257 e. The van der Waals surface area contributed by atoms with Crippen LogP contribution in [0.3, 0.4) is 0 Å². The molecule has 6 nitrogen and oxygen atoms in total. The summed E-state index contributed by atoms with van der Waals surface area (Å²) in [7, 11) is 3.40. The summed E-state index contributed by atoms with van der Waals surface area (Å²) in [5.41, 5.74) is 2.94. The van der Waals surface area contributed by atoms with Gasteiger partial charge >= 0.3 is 0 Å². The summed E-state index contributed by atoms with van der Waals surface area (Å²) in [6.07, 6.45) is 3.96. The Hall–Kier alpha value is -2.76. The number of carbonyl (C=O) groups is 2. The van der Waals surface area contributed by atoms with Crippen molar-refractivity contribution >= 4 is 11.8 Å². The molecular weight excluding hydrogens is 316 g/mol. The summed E-state index contributed by atoms with van der Waals surface area (Å²) in [5, 5.41) is 2.97. The van der Waals surface area contributed by atoms with Gasteiger partial charge in [0.05, 0.1) is 11.3 Å². The van der Waals surface area contributed by atoms with Crippen LogP contribution in [-0.4, -0.2) is 40.8 Å². The summed E-state index contributed by atoms with van der Waals surface area (Å²) in [5.74, 6) is 0.685. The maximum atomic E-state index is 12.3. The SMILES string of the molecule is C[C@@H]1C[C@@H]1C(=O)NCc1ccc(-c2ncncc2C(=O)N(C)C)cc1. The van der Waals surface area contributed by atoms with E-state index in [1.54, 1.807) is 14.1 Å². The zero-order chi connectivity index (χ0) is 18.0. The zero-order valence-corrected chi connectivity index (χ0v) is 14.7. The second kappa shape index (κ2) is 7.01. The highest BCUT2D eigenvalue weighted by Crippen LogP contribution is 2.37. The predicted octanol–water partition coefficient (Wildman–Crippen LogP) is 2.12. The number of benzene rings is 1.